The Morgan fingerprint density at radius 1 is 1.22 bits per heavy atom. The molecule has 0 spiro atoms. The van der Waals surface area contributed by atoms with Crippen LogP contribution in [0.2, 0.25) is 0 Å². The molecule has 1 aromatic rings. The molecule has 1 aliphatic heterocycles. The number of rotatable bonds is 5. The zero-order chi connectivity index (χ0) is 12.8. The van der Waals surface area contributed by atoms with Gasteiger partial charge in [0.1, 0.15) is 12.4 Å². The van der Waals surface area contributed by atoms with Crippen LogP contribution in [0.1, 0.15) is 30.4 Å². The number of hydrogen-bond acceptors (Lipinski definition) is 3. The quantitative estimate of drug-likeness (QED) is 0.751. The van der Waals surface area contributed by atoms with Gasteiger partial charge in [0.25, 0.3) is 0 Å². The summed E-state index contributed by atoms with van der Waals surface area (Å²) in [4.78, 5) is 0. The maximum atomic E-state index is 5.73. The number of hydrogen-bond donors (Lipinski definition) is 0. The molecule has 0 aliphatic carbocycles. The van der Waals surface area contributed by atoms with Crippen LogP contribution in [0.4, 0.5) is 0 Å². The monoisotopic (exact) mass is 250 g/mol. The topological polar surface area (TPSA) is 27.7 Å². The van der Waals surface area contributed by atoms with Crippen molar-refractivity contribution in [3.05, 3.63) is 29.3 Å². The highest BCUT2D eigenvalue weighted by atomic mass is 16.7. The van der Waals surface area contributed by atoms with E-state index in [2.05, 4.69) is 19.9 Å². The largest absolute Gasteiger partial charge is 0.491 e. The normalized spacial score (nSPS) is 19.8. The third kappa shape index (κ3) is 3.72. The van der Waals surface area contributed by atoms with Crippen molar-refractivity contribution >= 4 is 0 Å². The molecule has 0 radical (unpaired) electrons. The molecule has 0 saturated carbocycles. The molecule has 1 fully saturated rings. The van der Waals surface area contributed by atoms with Crippen molar-refractivity contribution < 1.29 is 14.2 Å². The standard InChI is InChI=1S/C15H22O3/c1-12-6-5-7-14(13(12)2)16-10-11-18-15-8-3-4-9-17-15/h5-7,15H,3-4,8-11H2,1-2H3/t15-/m0/s1. The minimum absolute atomic E-state index is 0.0269. The van der Waals surface area contributed by atoms with E-state index in [0.717, 1.165) is 25.2 Å². The fourth-order valence-electron chi connectivity index (χ4n) is 2.05. The molecule has 0 N–H and O–H groups in total. The van der Waals surface area contributed by atoms with Gasteiger partial charge in [0.05, 0.1) is 6.61 Å². The first kappa shape index (κ1) is 13.4. The van der Waals surface area contributed by atoms with E-state index in [1.165, 1.54) is 17.5 Å². The maximum Gasteiger partial charge on any atom is 0.157 e. The lowest BCUT2D eigenvalue weighted by molar-refractivity contribution is -0.165. The van der Waals surface area contributed by atoms with Crippen LogP contribution in [-0.2, 0) is 9.47 Å². The van der Waals surface area contributed by atoms with Crippen LogP contribution in [-0.4, -0.2) is 26.1 Å². The summed E-state index contributed by atoms with van der Waals surface area (Å²) in [5.74, 6) is 0.947. The fourth-order valence-corrected chi connectivity index (χ4v) is 2.05. The van der Waals surface area contributed by atoms with E-state index < -0.39 is 0 Å². The van der Waals surface area contributed by atoms with Gasteiger partial charge in [-0.2, -0.15) is 0 Å². The van der Waals surface area contributed by atoms with Crippen molar-refractivity contribution in [1.29, 1.82) is 0 Å². The summed E-state index contributed by atoms with van der Waals surface area (Å²) >= 11 is 0. The third-order valence-corrected chi connectivity index (χ3v) is 3.34. The van der Waals surface area contributed by atoms with Crippen molar-refractivity contribution in [2.24, 2.45) is 0 Å². The van der Waals surface area contributed by atoms with Crippen molar-refractivity contribution in [3.63, 3.8) is 0 Å². The van der Waals surface area contributed by atoms with Gasteiger partial charge >= 0.3 is 0 Å². The van der Waals surface area contributed by atoms with Crippen LogP contribution >= 0.6 is 0 Å². The van der Waals surface area contributed by atoms with Gasteiger partial charge in [-0.1, -0.05) is 12.1 Å². The number of aryl methyl sites for hydroxylation is 1. The van der Waals surface area contributed by atoms with Crippen LogP contribution in [0.25, 0.3) is 0 Å². The Labute approximate surface area is 109 Å². The first-order chi connectivity index (χ1) is 8.77. The van der Waals surface area contributed by atoms with Gasteiger partial charge in [-0.05, 0) is 50.3 Å². The zero-order valence-electron chi connectivity index (χ0n) is 11.3. The average molecular weight is 250 g/mol. The van der Waals surface area contributed by atoms with Crippen LogP contribution < -0.4 is 4.74 Å². The summed E-state index contributed by atoms with van der Waals surface area (Å²) in [5, 5.41) is 0. The highest BCUT2D eigenvalue weighted by Gasteiger charge is 2.13. The molecular formula is C15H22O3. The van der Waals surface area contributed by atoms with E-state index in [-0.39, 0.29) is 6.29 Å². The SMILES string of the molecule is Cc1cccc(OCCO[C@H]2CCCCO2)c1C. The Kier molecular flexibility index (Phi) is 5.02. The predicted molar refractivity (Wildman–Crippen MR) is 71.0 cm³/mol. The van der Waals surface area contributed by atoms with E-state index in [9.17, 15) is 0 Å². The Morgan fingerprint density at radius 3 is 2.89 bits per heavy atom. The molecule has 0 aromatic heterocycles. The van der Waals surface area contributed by atoms with Crippen molar-refractivity contribution in [1.82, 2.24) is 0 Å². The lowest BCUT2D eigenvalue weighted by Gasteiger charge is -2.22. The lowest BCUT2D eigenvalue weighted by atomic mass is 10.1. The molecule has 0 unspecified atom stereocenters. The molecule has 1 aromatic carbocycles. The zero-order valence-corrected chi connectivity index (χ0v) is 11.3. The van der Waals surface area contributed by atoms with E-state index in [4.69, 9.17) is 14.2 Å². The molecule has 1 saturated heterocycles. The summed E-state index contributed by atoms with van der Waals surface area (Å²) in [6, 6.07) is 6.11. The summed E-state index contributed by atoms with van der Waals surface area (Å²) in [6.45, 7) is 6.15. The summed E-state index contributed by atoms with van der Waals surface area (Å²) in [6.07, 6.45) is 3.33. The highest BCUT2D eigenvalue weighted by Crippen LogP contribution is 2.20. The van der Waals surface area contributed by atoms with E-state index in [0.29, 0.717) is 13.2 Å². The van der Waals surface area contributed by atoms with Crippen molar-refractivity contribution in [3.8, 4) is 5.75 Å². The second kappa shape index (κ2) is 6.76. The van der Waals surface area contributed by atoms with E-state index in [1.54, 1.807) is 0 Å². The molecule has 0 bridgehead atoms. The Bertz CT molecular complexity index is 370. The second-order valence-electron chi connectivity index (χ2n) is 4.71. The molecule has 0 amide bonds. The van der Waals surface area contributed by atoms with E-state index in [1.807, 2.05) is 12.1 Å². The van der Waals surface area contributed by atoms with E-state index >= 15 is 0 Å². The van der Waals surface area contributed by atoms with Crippen LogP contribution in [0, 0.1) is 13.8 Å². The molecule has 1 heterocycles. The van der Waals surface area contributed by atoms with Crippen molar-refractivity contribution in [2.45, 2.75) is 39.4 Å². The van der Waals surface area contributed by atoms with Crippen LogP contribution in [0.3, 0.4) is 0 Å². The fraction of sp³-hybridized carbons (Fsp3) is 0.600. The number of ether oxygens (including phenoxy) is 3. The van der Waals surface area contributed by atoms with Gasteiger partial charge in [-0.15, -0.1) is 0 Å². The lowest BCUT2D eigenvalue weighted by Crippen LogP contribution is -2.24. The molecule has 3 nitrogen and oxygen atoms in total. The summed E-state index contributed by atoms with van der Waals surface area (Å²) in [7, 11) is 0. The first-order valence-electron chi connectivity index (χ1n) is 6.69. The highest BCUT2D eigenvalue weighted by molar-refractivity contribution is 5.38. The van der Waals surface area contributed by atoms with Gasteiger partial charge < -0.3 is 14.2 Å². The molecule has 1 atom stereocenters. The smallest absolute Gasteiger partial charge is 0.157 e. The van der Waals surface area contributed by atoms with Gasteiger partial charge in [0.15, 0.2) is 6.29 Å². The Hall–Kier alpha value is -1.06. The average Bonchev–Trinajstić information content (AvgIpc) is 2.40. The number of benzene rings is 1. The van der Waals surface area contributed by atoms with Crippen LogP contribution in [0.5, 0.6) is 5.75 Å². The second-order valence-corrected chi connectivity index (χ2v) is 4.71. The maximum absolute atomic E-state index is 5.73. The molecule has 3 heteroatoms. The first-order valence-corrected chi connectivity index (χ1v) is 6.69. The third-order valence-electron chi connectivity index (χ3n) is 3.34. The minimum Gasteiger partial charge on any atom is -0.491 e. The van der Waals surface area contributed by atoms with Gasteiger partial charge in [0.2, 0.25) is 0 Å². The van der Waals surface area contributed by atoms with Gasteiger partial charge in [-0.3, -0.25) is 0 Å². The van der Waals surface area contributed by atoms with Gasteiger partial charge in [0, 0.05) is 6.61 Å². The Morgan fingerprint density at radius 2 is 2.11 bits per heavy atom. The Balaban J connectivity index is 1.70. The molecule has 100 valence electrons. The van der Waals surface area contributed by atoms with Crippen molar-refractivity contribution in [2.75, 3.05) is 19.8 Å². The minimum atomic E-state index is -0.0269. The molecular weight excluding hydrogens is 228 g/mol. The predicted octanol–water partition coefficient (Wildman–Crippen LogP) is 3.23. The summed E-state index contributed by atoms with van der Waals surface area (Å²) < 4.78 is 16.9. The molecule has 2 rings (SSSR count). The van der Waals surface area contributed by atoms with Gasteiger partial charge in [-0.25, -0.2) is 0 Å². The summed E-state index contributed by atoms with van der Waals surface area (Å²) in [5.41, 5.74) is 2.45. The molecule has 18 heavy (non-hydrogen) atoms. The molecule has 1 aliphatic rings. The van der Waals surface area contributed by atoms with Crippen LogP contribution in [0.15, 0.2) is 18.2 Å².